The fourth-order valence-electron chi connectivity index (χ4n) is 1.68. The third-order valence-corrected chi connectivity index (χ3v) is 4.95. The standard InChI is InChI=1S/C11H21N5O3S/c1-5-16(6-8(2)11(12)14-17)20(18,19)10-7-15(4)9(3)13-10/h7-8,17H,5-6H2,1-4H3,(H2,12,14). The summed E-state index contributed by atoms with van der Waals surface area (Å²) in [5.41, 5.74) is 5.49. The molecule has 1 heterocycles. The Labute approximate surface area is 118 Å². The molecule has 0 radical (unpaired) electrons. The monoisotopic (exact) mass is 303 g/mol. The van der Waals surface area contributed by atoms with Crippen molar-refractivity contribution in [1.29, 1.82) is 0 Å². The Morgan fingerprint density at radius 1 is 1.65 bits per heavy atom. The van der Waals surface area contributed by atoms with Crippen LogP contribution in [0.3, 0.4) is 0 Å². The highest BCUT2D eigenvalue weighted by Crippen LogP contribution is 2.16. The van der Waals surface area contributed by atoms with Gasteiger partial charge < -0.3 is 15.5 Å². The van der Waals surface area contributed by atoms with E-state index in [-0.39, 0.29) is 29.9 Å². The molecule has 1 aromatic heterocycles. The molecule has 0 saturated carbocycles. The number of hydrogen-bond acceptors (Lipinski definition) is 5. The first-order valence-electron chi connectivity index (χ1n) is 6.21. The smallest absolute Gasteiger partial charge is 0.262 e. The highest BCUT2D eigenvalue weighted by molar-refractivity contribution is 7.89. The third-order valence-electron chi connectivity index (χ3n) is 3.14. The molecule has 9 heteroatoms. The highest BCUT2D eigenvalue weighted by atomic mass is 32.2. The van der Waals surface area contributed by atoms with Crippen molar-refractivity contribution in [2.75, 3.05) is 13.1 Å². The van der Waals surface area contributed by atoms with Gasteiger partial charge in [-0.25, -0.2) is 13.4 Å². The van der Waals surface area contributed by atoms with Crippen molar-refractivity contribution in [3.63, 3.8) is 0 Å². The number of nitrogens with two attached hydrogens (primary N) is 1. The number of oxime groups is 1. The van der Waals surface area contributed by atoms with Crippen LogP contribution in [0.15, 0.2) is 16.4 Å². The molecule has 0 aromatic carbocycles. The van der Waals surface area contributed by atoms with Gasteiger partial charge in [0.1, 0.15) is 11.7 Å². The minimum atomic E-state index is -3.68. The molecular weight excluding hydrogens is 282 g/mol. The predicted octanol–water partition coefficient (Wildman–Crippen LogP) is 0.122. The number of sulfonamides is 1. The van der Waals surface area contributed by atoms with Crippen molar-refractivity contribution >= 4 is 15.9 Å². The van der Waals surface area contributed by atoms with E-state index in [0.29, 0.717) is 5.82 Å². The Bertz CT molecular complexity index is 574. The molecule has 1 atom stereocenters. The summed E-state index contributed by atoms with van der Waals surface area (Å²) in [5.74, 6) is 0.222. The largest absolute Gasteiger partial charge is 0.409 e. The summed E-state index contributed by atoms with van der Waals surface area (Å²) in [7, 11) is -1.95. The second-order valence-electron chi connectivity index (χ2n) is 4.62. The maximum absolute atomic E-state index is 12.5. The summed E-state index contributed by atoms with van der Waals surface area (Å²) < 4.78 is 27.9. The lowest BCUT2D eigenvalue weighted by molar-refractivity contribution is 0.311. The van der Waals surface area contributed by atoms with Crippen molar-refractivity contribution < 1.29 is 13.6 Å². The van der Waals surface area contributed by atoms with E-state index < -0.39 is 10.0 Å². The average molecular weight is 303 g/mol. The first kappa shape index (κ1) is 16.4. The quantitative estimate of drug-likeness (QED) is 0.335. The topological polar surface area (TPSA) is 114 Å². The van der Waals surface area contributed by atoms with Crippen LogP contribution in [-0.4, -0.2) is 46.4 Å². The summed E-state index contributed by atoms with van der Waals surface area (Å²) in [4.78, 5) is 4.05. The molecule has 1 unspecified atom stereocenters. The van der Waals surface area contributed by atoms with Crippen LogP contribution in [0.5, 0.6) is 0 Å². The highest BCUT2D eigenvalue weighted by Gasteiger charge is 2.28. The van der Waals surface area contributed by atoms with Crippen LogP contribution in [0.4, 0.5) is 0 Å². The molecule has 0 spiro atoms. The van der Waals surface area contributed by atoms with E-state index in [2.05, 4.69) is 10.1 Å². The molecular formula is C11H21N5O3S. The normalized spacial score (nSPS) is 14.8. The van der Waals surface area contributed by atoms with Crippen LogP contribution in [-0.2, 0) is 17.1 Å². The lowest BCUT2D eigenvalue weighted by Crippen LogP contribution is -2.38. The predicted molar refractivity (Wildman–Crippen MR) is 75.0 cm³/mol. The minimum absolute atomic E-state index is 0.00384. The molecule has 0 saturated heterocycles. The second kappa shape index (κ2) is 6.23. The van der Waals surface area contributed by atoms with Gasteiger partial charge >= 0.3 is 0 Å². The van der Waals surface area contributed by atoms with Gasteiger partial charge in [-0.3, -0.25) is 0 Å². The minimum Gasteiger partial charge on any atom is -0.409 e. The van der Waals surface area contributed by atoms with Gasteiger partial charge in [0.25, 0.3) is 10.0 Å². The zero-order valence-electron chi connectivity index (χ0n) is 12.1. The van der Waals surface area contributed by atoms with Crippen LogP contribution in [0.2, 0.25) is 0 Å². The zero-order chi connectivity index (χ0) is 15.5. The van der Waals surface area contributed by atoms with Gasteiger partial charge in [0, 0.05) is 32.3 Å². The maximum atomic E-state index is 12.5. The van der Waals surface area contributed by atoms with Crippen molar-refractivity contribution in [1.82, 2.24) is 13.9 Å². The molecule has 8 nitrogen and oxygen atoms in total. The second-order valence-corrected chi connectivity index (χ2v) is 6.50. The third kappa shape index (κ3) is 3.28. The average Bonchev–Trinajstić information content (AvgIpc) is 2.75. The van der Waals surface area contributed by atoms with Gasteiger partial charge in [0.15, 0.2) is 5.03 Å². The zero-order valence-corrected chi connectivity index (χ0v) is 12.9. The van der Waals surface area contributed by atoms with Crippen LogP contribution >= 0.6 is 0 Å². The number of hydrogen-bond donors (Lipinski definition) is 2. The molecule has 0 amide bonds. The molecule has 0 bridgehead atoms. The van der Waals surface area contributed by atoms with Gasteiger partial charge in [0.05, 0.1) is 0 Å². The number of amidine groups is 1. The number of aryl methyl sites for hydroxylation is 2. The Morgan fingerprint density at radius 2 is 2.25 bits per heavy atom. The maximum Gasteiger partial charge on any atom is 0.262 e. The van der Waals surface area contributed by atoms with Crippen molar-refractivity contribution in [3.05, 3.63) is 12.0 Å². The molecule has 1 aromatic rings. The van der Waals surface area contributed by atoms with Gasteiger partial charge in [-0.2, -0.15) is 4.31 Å². The van der Waals surface area contributed by atoms with E-state index in [1.807, 2.05) is 0 Å². The number of imidazole rings is 1. The van der Waals surface area contributed by atoms with Crippen LogP contribution in [0.1, 0.15) is 19.7 Å². The summed E-state index contributed by atoms with van der Waals surface area (Å²) >= 11 is 0. The van der Waals surface area contributed by atoms with Gasteiger partial charge in [-0.15, -0.1) is 0 Å². The number of aromatic nitrogens is 2. The van der Waals surface area contributed by atoms with Gasteiger partial charge in [-0.1, -0.05) is 19.0 Å². The Kier molecular flexibility index (Phi) is 5.12. The molecule has 114 valence electrons. The summed E-state index contributed by atoms with van der Waals surface area (Å²) in [6.07, 6.45) is 1.47. The lowest BCUT2D eigenvalue weighted by Gasteiger charge is -2.22. The van der Waals surface area contributed by atoms with Crippen molar-refractivity contribution in [3.8, 4) is 0 Å². The fourth-order valence-corrected chi connectivity index (χ4v) is 3.24. The molecule has 1 rings (SSSR count). The van der Waals surface area contributed by atoms with Gasteiger partial charge in [0.2, 0.25) is 0 Å². The fraction of sp³-hybridized carbons (Fsp3) is 0.636. The molecule has 0 aliphatic heterocycles. The van der Waals surface area contributed by atoms with E-state index in [0.717, 1.165) is 0 Å². The first-order chi connectivity index (χ1) is 9.23. The SMILES string of the molecule is CCN(CC(C)C(N)=NO)S(=O)(=O)c1cn(C)c(C)n1. The lowest BCUT2D eigenvalue weighted by atomic mass is 10.1. The summed E-state index contributed by atoms with van der Waals surface area (Å²) in [6.45, 7) is 5.56. The Morgan fingerprint density at radius 3 is 2.65 bits per heavy atom. The first-order valence-corrected chi connectivity index (χ1v) is 7.65. The Balaban J connectivity index is 3.04. The van der Waals surface area contributed by atoms with E-state index in [1.165, 1.54) is 10.5 Å². The summed E-state index contributed by atoms with van der Waals surface area (Å²) in [5, 5.41) is 11.5. The van der Waals surface area contributed by atoms with Crippen molar-refractivity contribution in [2.45, 2.75) is 25.8 Å². The van der Waals surface area contributed by atoms with Crippen LogP contribution in [0.25, 0.3) is 0 Å². The molecule has 0 fully saturated rings. The van der Waals surface area contributed by atoms with Crippen LogP contribution < -0.4 is 5.73 Å². The van der Waals surface area contributed by atoms with E-state index in [9.17, 15) is 8.42 Å². The molecule has 0 aliphatic carbocycles. The molecule has 20 heavy (non-hydrogen) atoms. The summed E-state index contributed by atoms with van der Waals surface area (Å²) in [6, 6.07) is 0. The van der Waals surface area contributed by atoms with E-state index >= 15 is 0 Å². The van der Waals surface area contributed by atoms with Gasteiger partial charge in [-0.05, 0) is 6.92 Å². The molecule has 0 aliphatic rings. The van der Waals surface area contributed by atoms with E-state index in [4.69, 9.17) is 10.9 Å². The number of nitrogens with zero attached hydrogens (tertiary/aromatic N) is 4. The van der Waals surface area contributed by atoms with Crippen LogP contribution in [0, 0.1) is 12.8 Å². The van der Waals surface area contributed by atoms with E-state index in [1.54, 1.807) is 32.4 Å². The Hall–Kier alpha value is -1.61. The van der Waals surface area contributed by atoms with Crippen molar-refractivity contribution in [2.24, 2.45) is 23.9 Å². The number of rotatable bonds is 6. The molecule has 3 N–H and O–H groups in total.